The van der Waals surface area contributed by atoms with Gasteiger partial charge < -0.3 is 9.15 Å². The average Bonchev–Trinajstić information content (AvgIpc) is 2.93. The molecule has 1 aromatic carbocycles. The highest BCUT2D eigenvalue weighted by Crippen LogP contribution is 2.11. The van der Waals surface area contributed by atoms with Crippen LogP contribution in [-0.4, -0.2) is 18.7 Å². The second-order valence-electron chi connectivity index (χ2n) is 3.68. The number of furan rings is 1. The molecule has 1 heterocycles. The summed E-state index contributed by atoms with van der Waals surface area (Å²) in [6.07, 6.45) is 2.98. The summed E-state index contributed by atoms with van der Waals surface area (Å²) in [4.78, 5) is 11.5. The molecule has 98 valence electrons. The minimum atomic E-state index is -0.387. The van der Waals surface area contributed by atoms with Gasteiger partial charge >= 0.3 is 5.91 Å². The molecule has 0 atom stereocenters. The van der Waals surface area contributed by atoms with Crippen molar-refractivity contribution in [2.24, 2.45) is 5.10 Å². The smallest absolute Gasteiger partial charge is 0.307 e. The number of carbonyl (C=O) groups excluding carboxylic acids is 1. The number of carbonyl (C=O) groups is 1. The van der Waals surface area contributed by atoms with E-state index in [1.54, 1.807) is 18.3 Å². The Morgan fingerprint density at radius 1 is 1.42 bits per heavy atom. The van der Waals surface area contributed by atoms with E-state index in [0.717, 1.165) is 11.3 Å². The van der Waals surface area contributed by atoms with Crippen LogP contribution in [0.5, 0.6) is 5.75 Å². The zero-order chi connectivity index (χ0) is 13.5. The van der Waals surface area contributed by atoms with E-state index in [0.29, 0.717) is 6.61 Å². The van der Waals surface area contributed by atoms with Crippen molar-refractivity contribution in [3.05, 3.63) is 54.0 Å². The summed E-state index contributed by atoms with van der Waals surface area (Å²) in [6, 6.07) is 10.6. The first-order valence-corrected chi connectivity index (χ1v) is 5.89. The lowest BCUT2D eigenvalue weighted by molar-refractivity contribution is 0.0927. The molecule has 2 aromatic rings. The predicted molar refractivity (Wildman–Crippen MR) is 71.4 cm³/mol. The van der Waals surface area contributed by atoms with Gasteiger partial charge in [0.1, 0.15) is 5.75 Å². The number of hydrogen-bond acceptors (Lipinski definition) is 4. The zero-order valence-corrected chi connectivity index (χ0v) is 10.5. The highest BCUT2D eigenvalue weighted by atomic mass is 16.5. The standard InChI is InChI=1S/C14H14N2O3/c1-2-18-12-6-3-5-11(9-12)10-15-16-14(17)13-7-4-8-19-13/h3-10H,2H2,1H3,(H,16,17)/b15-10-. The van der Waals surface area contributed by atoms with Crippen molar-refractivity contribution in [1.82, 2.24) is 5.43 Å². The maximum Gasteiger partial charge on any atom is 0.307 e. The molecule has 5 nitrogen and oxygen atoms in total. The second-order valence-corrected chi connectivity index (χ2v) is 3.68. The molecule has 2 rings (SSSR count). The molecular weight excluding hydrogens is 244 g/mol. The van der Waals surface area contributed by atoms with Crippen molar-refractivity contribution in [3.63, 3.8) is 0 Å². The molecule has 0 aliphatic carbocycles. The van der Waals surface area contributed by atoms with Crippen LogP contribution < -0.4 is 10.2 Å². The summed E-state index contributed by atoms with van der Waals surface area (Å²) in [6.45, 7) is 2.53. The van der Waals surface area contributed by atoms with Crippen molar-refractivity contribution < 1.29 is 13.9 Å². The lowest BCUT2D eigenvalue weighted by atomic mass is 10.2. The van der Waals surface area contributed by atoms with Crippen LogP contribution >= 0.6 is 0 Å². The number of nitrogens with one attached hydrogen (secondary N) is 1. The van der Waals surface area contributed by atoms with Crippen LogP contribution in [0, 0.1) is 0 Å². The largest absolute Gasteiger partial charge is 0.494 e. The van der Waals surface area contributed by atoms with Gasteiger partial charge in [0.15, 0.2) is 5.76 Å². The monoisotopic (exact) mass is 258 g/mol. The minimum Gasteiger partial charge on any atom is -0.494 e. The normalized spacial score (nSPS) is 10.6. The van der Waals surface area contributed by atoms with Crippen LogP contribution in [-0.2, 0) is 0 Å². The molecule has 0 spiro atoms. The summed E-state index contributed by atoms with van der Waals surface area (Å²) in [5, 5.41) is 3.86. The van der Waals surface area contributed by atoms with E-state index >= 15 is 0 Å². The number of hydrogen-bond donors (Lipinski definition) is 1. The maximum atomic E-state index is 11.5. The zero-order valence-electron chi connectivity index (χ0n) is 10.5. The molecule has 0 saturated carbocycles. The van der Waals surface area contributed by atoms with Gasteiger partial charge in [0.05, 0.1) is 19.1 Å². The van der Waals surface area contributed by atoms with Gasteiger partial charge in [0, 0.05) is 0 Å². The van der Waals surface area contributed by atoms with Gasteiger partial charge in [-0.1, -0.05) is 12.1 Å². The van der Waals surface area contributed by atoms with E-state index in [9.17, 15) is 4.79 Å². The summed E-state index contributed by atoms with van der Waals surface area (Å²) in [7, 11) is 0. The topological polar surface area (TPSA) is 63.8 Å². The van der Waals surface area contributed by atoms with Crippen LogP contribution in [0.1, 0.15) is 23.0 Å². The van der Waals surface area contributed by atoms with Crippen molar-refractivity contribution in [3.8, 4) is 5.75 Å². The van der Waals surface area contributed by atoms with Crippen LogP contribution in [0.15, 0.2) is 52.2 Å². The highest BCUT2D eigenvalue weighted by Gasteiger charge is 2.05. The number of amides is 1. The van der Waals surface area contributed by atoms with Crippen molar-refractivity contribution in [2.45, 2.75) is 6.92 Å². The Hall–Kier alpha value is -2.56. The molecule has 0 radical (unpaired) electrons. The van der Waals surface area contributed by atoms with Crippen LogP contribution in [0.3, 0.4) is 0 Å². The maximum absolute atomic E-state index is 11.5. The molecule has 1 aromatic heterocycles. The molecule has 5 heteroatoms. The van der Waals surface area contributed by atoms with Gasteiger partial charge in [-0.2, -0.15) is 5.10 Å². The fraction of sp³-hybridized carbons (Fsp3) is 0.143. The quantitative estimate of drug-likeness (QED) is 0.661. The number of nitrogens with zero attached hydrogens (tertiary/aromatic N) is 1. The Bertz CT molecular complexity index is 562. The Morgan fingerprint density at radius 2 is 2.32 bits per heavy atom. The lowest BCUT2D eigenvalue weighted by Crippen LogP contribution is -2.16. The second kappa shape index (κ2) is 6.39. The summed E-state index contributed by atoms with van der Waals surface area (Å²) in [5.41, 5.74) is 3.22. The molecule has 0 aliphatic heterocycles. The SMILES string of the molecule is CCOc1cccc(/C=N\NC(=O)c2ccco2)c1. The summed E-state index contributed by atoms with van der Waals surface area (Å²) < 4.78 is 10.3. The molecular formula is C14H14N2O3. The Labute approximate surface area is 110 Å². The number of rotatable bonds is 5. The molecule has 0 aliphatic rings. The predicted octanol–water partition coefficient (Wildman–Crippen LogP) is 2.44. The van der Waals surface area contributed by atoms with Crippen LogP contribution in [0.25, 0.3) is 0 Å². The Morgan fingerprint density at radius 3 is 3.05 bits per heavy atom. The minimum absolute atomic E-state index is 0.222. The first kappa shape index (κ1) is 12.9. The lowest BCUT2D eigenvalue weighted by Gasteiger charge is -2.02. The van der Waals surface area contributed by atoms with E-state index in [2.05, 4.69) is 10.5 Å². The van der Waals surface area contributed by atoms with Crippen molar-refractivity contribution >= 4 is 12.1 Å². The number of hydrazone groups is 1. The summed E-state index contributed by atoms with van der Waals surface area (Å²) >= 11 is 0. The first-order chi connectivity index (χ1) is 9.29. The van der Waals surface area contributed by atoms with Crippen molar-refractivity contribution in [2.75, 3.05) is 6.61 Å². The molecule has 1 amide bonds. The fourth-order valence-electron chi connectivity index (χ4n) is 1.48. The third-order valence-electron chi connectivity index (χ3n) is 2.29. The summed E-state index contributed by atoms with van der Waals surface area (Å²) in [5.74, 6) is 0.603. The molecule has 0 unspecified atom stereocenters. The molecule has 19 heavy (non-hydrogen) atoms. The van der Waals surface area contributed by atoms with Crippen molar-refractivity contribution in [1.29, 1.82) is 0 Å². The highest BCUT2D eigenvalue weighted by molar-refractivity contribution is 5.92. The van der Waals surface area contributed by atoms with E-state index in [1.807, 2.05) is 31.2 Å². The molecule has 0 bridgehead atoms. The Balaban J connectivity index is 1.95. The molecule has 0 fully saturated rings. The third kappa shape index (κ3) is 3.70. The van der Waals surface area contributed by atoms with Gasteiger partial charge in [0.25, 0.3) is 0 Å². The van der Waals surface area contributed by atoms with Gasteiger partial charge in [-0.05, 0) is 36.8 Å². The number of ether oxygens (including phenoxy) is 1. The Kier molecular flexibility index (Phi) is 4.34. The van der Waals surface area contributed by atoms with Gasteiger partial charge in [-0.15, -0.1) is 0 Å². The van der Waals surface area contributed by atoms with Gasteiger partial charge in [-0.25, -0.2) is 5.43 Å². The average molecular weight is 258 g/mol. The first-order valence-electron chi connectivity index (χ1n) is 5.89. The molecule has 0 saturated heterocycles. The van der Waals surface area contributed by atoms with E-state index in [-0.39, 0.29) is 11.7 Å². The van der Waals surface area contributed by atoms with E-state index < -0.39 is 0 Å². The van der Waals surface area contributed by atoms with Crippen LogP contribution in [0.2, 0.25) is 0 Å². The molecule has 1 N–H and O–H groups in total. The van der Waals surface area contributed by atoms with Crippen LogP contribution in [0.4, 0.5) is 0 Å². The van der Waals surface area contributed by atoms with Gasteiger partial charge in [-0.3, -0.25) is 4.79 Å². The van der Waals surface area contributed by atoms with E-state index in [1.165, 1.54) is 6.26 Å². The number of benzene rings is 1. The fourth-order valence-corrected chi connectivity index (χ4v) is 1.48. The van der Waals surface area contributed by atoms with Gasteiger partial charge in [0.2, 0.25) is 0 Å². The van der Waals surface area contributed by atoms with E-state index in [4.69, 9.17) is 9.15 Å². The third-order valence-corrected chi connectivity index (χ3v) is 2.29.